The minimum atomic E-state index is -0.507. The molecule has 0 heterocycles. The summed E-state index contributed by atoms with van der Waals surface area (Å²) in [5, 5.41) is 3.66. The summed E-state index contributed by atoms with van der Waals surface area (Å²) >= 11 is 1.92. The van der Waals surface area contributed by atoms with Gasteiger partial charge in [-0.05, 0) is 75.3 Å². The second-order valence-corrected chi connectivity index (χ2v) is 7.69. The van der Waals surface area contributed by atoms with E-state index in [4.69, 9.17) is 5.73 Å². The summed E-state index contributed by atoms with van der Waals surface area (Å²) in [7, 11) is 1.85. The molecule has 2 atom stereocenters. The van der Waals surface area contributed by atoms with Gasteiger partial charge in [-0.2, -0.15) is 0 Å². The number of benzene rings is 1. The zero-order chi connectivity index (χ0) is 14.9. The molecule has 1 aromatic carbocycles. The van der Waals surface area contributed by atoms with Gasteiger partial charge in [0.25, 0.3) is 0 Å². The van der Waals surface area contributed by atoms with Gasteiger partial charge in [0.1, 0.15) is 0 Å². The highest BCUT2D eigenvalue weighted by Crippen LogP contribution is 2.39. The van der Waals surface area contributed by atoms with Crippen LogP contribution in [0.15, 0.2) is 23.1 Å². The van der Waals surface area contributed by atoms with Crippen LogP contribution in [0.5, 0.6) is 0 Å². The molecular weight excluding hydrogens is 280 g/mol. The first kappa shape index (κ1) is 14.9. The predicted octanol–water partition coefficient (Wildman–Crippen LogP) is 2.65. The SMILES string of the molecule is CNC1(C(N)=O)CCCC(Sc2ccc3c(c2)CCC3)C1. The third-order valence-corrected chi connectivity index (χ3v) is 6.29. The number of fused-ring (bicyclic) bond motifs is 1. The van der Waals surface area contributed by atoms with E-state index in [1.807, 2.05) is 18.8 Å². The van der Waals surface area contributed by atoms with Gasteiger partial charge in [0, 0.05) is 10.1 Å². The number of rotatable bonds is 4. The van der Waals surface area contributed by atoms with Crippen LogP contribution in [0.4, 0.5) is 0 Å². The molecule has 0 saturated heterocycles. The number of nitrogens with two attached hydrogens (primary N) is 1. The van der Waals surface area contributed by atoms with E-state index in [0.717, 1.165) is 19.3 Å². The predicted molar refractivity (Wildman–Crippen MR) is 87.6 cm³/mol. The van der Waals surface area contributed by atoms with Crippen LogP contribution in [-0.2, 0) is 17.6 Å². The molecule has 21 heavy (non-hydrogen) atoms. The van der Waals surface area contributed by atoms with Crippen molar-refractivity contribution in [2.45, 2.75) is 60.6 Å². The maximum absolute atomic E-state index is 11.8. The number of carbonyl (C=O) groups is 1. The van der Waals surface area contributed by atoms with Crippen molar-refractivity contribution in [2.24, 2.45) is 5.73 Å². The van der Waals surface area contributed by atoms with Crippen LogP contribution >= 0.6 is 11.8 Å². The monoisotopic (exact) mass is 304 g/mol. The molecule has 1 amide bonds. The van der Waals surface area contributed by atoms with Crippen LogP contribution in [0.1, 0.15) is 43.2 Å². The maximum atomic E-state index is 11.8. The fourth-order valence-electron chi connectivity index (χ4n) is 3.71. The summed E-state index contributed by atoms with van der Waals surface area (Å²) in [5.74, 6) is -0.204. The largest absolute Gasteiger partial charge is 0.368 e. The van der Waals surface area contributed by atoms with E-state index in [-0.39, 0.29) is 5.91 Å². The van der Waals surface area contributed by atoms with Gasteiger partial charge in [-0.15, -0.1) is 11.8 Å². The molecular formula is C17H24N2OS. The molecule has 0 bridgehead atoms. The quantitative estimate of drug-likeness (QED) is 0.899. The van der Waals surface area contributed by atoms with Crippen molar-refractivity contribution in [3.63, 3.8) is 0 Å². The van der Waals surface area contributed by atoms with Crippen molar-refractivity contribution in [1.82, 2.24) is 5.32 Å². The average molecular weight is 304 g/mol. The molecule has 3 nitrogen and oxygen atoms in total. The number of aryl methyl sites for hydroxylation is 2. The Hall–Kier alpha value is -1.00. The number of primary amides is 1. The van der Waals surface area contributed by atoms with Crippen LogP contribution in [0, 0.1) is 0 Å². The van der Waals surface area contributed by atoms with Crippen LogP contribution in [-0.4, -0.2) is 23.7 Å². The van der Waals surface area contributed by atoms with E-state index in [9.17, 15) is 4.79 Å². The highest BCUT2D eigenvalue weighted by Gasteiger charge is 2.40. The summed E-state index contributed by atoms with van der Waals surface area (Å²) < 4.78 is 0. The summed E-state index contributed by atoms with van der Waals surface area (Å²) in [6, 6.07) is 6.88. The lowest BCUT2D eigenvalue weighted by atomic mass is 9.81. The Morgan fingerprint density at radius 3 is 2.90 bits per heavy atom. The molecule has 114 valence electrons. The minimum Gasteiger partial charge on any atom is -0.368 e. The van der Waals surface area contributed by atoms with Gasteiger partial charge in [0.15, 0.2) is 0 Å². The van der Waals surface area contributed by atoms with E-state index >= 15 is 0 Å². The van der Waals surface area contributed by atoms with Crippen molar-refractivity contribution in [1.29, 1.82) is 0 Å². The van der Waals surface area contributed by atoms with Gasteiger partial charge in [-0.1, -0.05) is 6.07 Å². The molecule has 1 saturated carbocycles. The van der Waals surface area contributed by atoms with E-state index in [1.165, 1.54) is 41.7 Å². The van der Waals surface area contributed by atoms with Crippen molar-refractivity contribution in [3.05, 3.63) is 29.3 Å². The molecule has 0 spiro atoms. The van der Waals surface area contributed by atoms with E-state index in [1.54, 1.807) is 0 Å². The van der Waals surface area contributed by atoms with Crippen molar-refractivity contribution in [3.8, 4) is 0 Å². The number of hydrogen-bond acceptors (Lipinski definition) is 3. The molecule has 2 aliphatic carbocycles. The maximum Gasteiger partial charge on any atom is 0.237 e. The Morgan fingerprint density at radius 1 is 1.33 bits per heavy atom. The van der Waals surface area contributed by atoms with Gasteiger partial charge in [0.2, 0.25) is 5.91 Å². The van der Waals surface area contributed by atoms with Crippen LogP contribution in [0.2, 0.25) is 0 Å². The number of hydrogen-bond donors (Lipinski definition) is 2. The lowest BCUT2D eigenvalue weighted by Gasteiger charge is -2.38. The molecule has 0 radical (unpaired) electrons. The van der Waals surface area contributed by atoms with Crippen LogP contribution in [0.3, 0.4) is 0 Å². The Labute approximate surface area is 131 Å². The number of nitrogens with one attached hydrogen (secondary N) is 1. The summed E-state index contributed by atoms with van der Waals surface area (Å²) in [4.78, 5) is 13.2. The zero-order valence-electron chi connectivity index (χ0n) is 12.7. The Bertz CT molecular complexity index is 546. The Balaban J connectivity index is 1.71. The average Bonchev–Trinajstić information content (AvgIpc) is 2.94. The number of thioether (sulfide) groups is 1. The van der Waals surface area contributed by atoms with Gasteiger partial charge in [-0.25, -0.2) is 0 Å². The topological polar surface area (TPSA) is 55.1 Å². The first-order chi connectivity index (χ1) is 10.1. The first-order valence-electron chi connectivity index (χ1n) is 7.90. The second kappa shape index (κ2) is 6.01. The number of amides is 1. The molecule has 1 fully saturated rings. The second-order valence-electron chi connectivity index (χ2n) is 6.32. The van der Waals surface area contributed by atoms with E-state index in [2.05, 4.69) is 23.5 Å². The number of likely N-dealkylation sites (N-methyl/N-ethyl adjacent to an activating group) is 1. The lowest BCUT2D eigenvalue weighted by molar-refractivity contribution is -0.125. The molecule has 0 aliphatic heterocycles. The molecule has 0 aromatic heterocycles. The van der Waals surface area contributed by atoms with E-state index in [0.29, 0.717) is 5.25 Å². The van der Waals surface area contributed by atoms with Gasteiger partial charge >= 0.3 is 0 Å². The minimum absolute atomic E-state index is 0.204. The molecule has 2 aliphatic rings. The van der Waals surface area contributed by atoms with Gasteiger partial charge in [-0.3, -0.25) is 4.79 Å². The van der Waals surface area contributed by atoms with Crippen molar-refractivity contribution < 1.29 is 4.79 Å². The third-order valence-electron chi connectivity index (χ3n) is 5.03. The van der Waals surface area contributed by atoms with Crippen LogP contribution in [0.25, 0.3) is 0 Å². The molecule has 2 unspecified atom stereocenters. The van der Waals surface area contributed by atoms with Crippen molar-refractivity contribution >= 4 is 17.7 Å². The fraction of sp³-hybridized carbons (Fsp3) is 0.588. The Kier molecular flexibility index (Phi) is 4.27. The standard InChI is InChI=1S/C17H24N2OS/c1-19-17(16(18)20)9-3-6-15(11-17)21-14-8-7-12-4-2-5-13(12)10-14/h7-8,10,15,19H,2-6,9,11H2,1H3,(H2,18,20). The summed E-state index contributed by atoms with van der Waals surface area (Å²) in [5.41, 5.74) is 8.16. The Morgan fingerprint density at radius 2 is 2.14 bits per heavy atom. The van der Waals surface area contributed by atoms with E-state index < -0.39 is 5.54 Å². The summed E-state index contributed by atoms with van der Waals surface area (Å²) in [6.45, 7) is 0. The molecule has 3 rings (SSSR count). The normalized spacial score (nSPS) is 28.3. The lowest BCUT2D eigenvalue weighted by Crippen LogP contribution is -2.57. The number of carbonyl (C=O) groups excluding carboxylic acids is 1. The van der Waals surface area contributed by atoms with Gasteiger partial charge < -0.3 is 11.1 Å². The molecule has 3 N–H and O–H groups in total. The van der Waals surface area contributed by atoms with Crippen molar-refractivity contribution in [2.75, 3.05) is 7.05 Å². The first-order valence-corrected chi connectivity index (χ1v) is 8.78. The molecule has 4 heteroatoms. The smallest absolute Gasteiger partial charge is 0.237 e. The molecule has 1 aromatic rings. The van der Waals surface area contributed by atoms with Crippen LogP contribution < -0.4 is 11.1 Å². The fourth-order valence-corrected chi connectivity index (χ4v) is 5.11. The highest BCUT2D eigenvalue weighted by atomic mass is 32.2. The summed E-state index contributed by atoms with van der Waals surface area (Å²) in [6.07, 6.45) is 7.66. The zero-order valence-corrected chi connectivity index (χ0v) is 13.5. The highest BCUT2D eigenvalue weighted by molar-refractivity contribution is 8.00. The third kappa shape index (κ3) is 2.97. The van der Waals surface area contributed by atoms with Gasteiger partial charge in [0.05, 0.1) is 5.54 Å².